The lowest BCUT2D eigenvalue weighted by molar-refractivity contribution is 0.0697. The average molecular weight is 255 g/mol. The van der Waals surface area contributed by atoms with Gasteiger partial charge in [-0.25, -0.2) is 4.79 Å². The van der Waals surface area contributed by atoms with Crippen LogP contribution in [0.1, 0.15) is 22.8 Å². The first-order valence-corrected chi connectivity index (χ1v) is 5.71. The Labute approximate surface area is 110 Å². The maximum absolute atomic E-state index is 10.7. The summed E-state index contributed by atoms with van der Waals surface area (Å²) in [4.78, 5) is 14.7. The molecule has 0 aliphatic heterocycles. The van der Waals surface area contributed by atoms with Gasteiger partial charge in [-0.1, -0.05) is 6.07 Å². The Morgan fingerprint density at radius 2 is 1.95 bits per heavy atom. The van der Waals surface area contributed by atoms with Crippen molar-refractivity contribution in [3.05, 3.63) is 59.9 Å². The Bertz CT molecular complexity index is 592. The molecule has 1 aromatic carbocycles. The number of carboxylic acids is 1. The fraction of sp³-hybridized carbons (Fsp3) is 0.0714. The van der Waals surface area contributed by atoms with Gasteiger partial charge in [0.25, 0.3) is 0 Å². The molecule has 5 heteroatoms. The van der Waals surface area contributed by atoms with Gasteiger partial charge in [0.15, 0.2) is 0 Å². The van der Waals surface area contributed by atoms with Crippen LogP contribution in [0.5, 0.6) is 0 Å². The lowest BCUT2D eigenvalue weighted by atomic mass is 10.2. The summed E-state index contributed by atoms with van der Waals surface area (Å²) < 4.78 is 0. The van der Waals surface area contributed by atoms with Crippen molar-refractivity contribution in [3.63, 3.8) is 0 Å². The van der Waals surface area contributed by atoms with Gasteiger partial charge in [-0.3, -0.25) is 10.4 Å². The van der Waals surface area contributed by atoms with Crippen LogP contribution >= 0.6 is 0 Å². The summed E-state index contributed by atoms with van der Waals surface area (Å²) in [6.07, 6.45) is 3.43. The molecule has 0 saturated heterocycles. The van der Waals surface area contributed by atoms with E-state index < -0.39 is 5.97 Å². The average Bonchev–Trinajstić information content (AvgIpc) is 2.46. The van der Waals surface area contributed by atoms with Gasteiger partial charge in [0.2, 0.25) is 0 Å². The Morgan fingerprint density at radius 3 is 2.53 bits per heavy atom. The van der Waals surface area contributed by atoms with Gasteiger partial charge in [0.05, 0.1) is 17.0 Å². The number of nitrogens with one attached hydrogen (secondary N) is 1. The number of hydrogen-bond donors (Lipinski definition) is 2. The van der Waals surface area contributed by atoms with Crippen LogP contribution in [-0.4, -0.2) is 21.8 Å². The van der Waals surface area contributed by atoms with Gasteiger partial charge >= 0.3 is 5.97 Å². The smallest absolute Gasteiger partial charge is 0.335 e. The summed E-state index contributed by atoms with van der Waals surface area (Å²) in [5.41, 5.74) is 5.58. The van der Waals surface area contributed by atoms with Crippen LogP contribution in [0, 0.1) is 0 Å². The van der Waals surface area contributed by atoms with Crippen LogP contribution in [0.4, 0.5) is 5.69 Å². The number of nitrogens with zero attached hydrogens (tertiary/aromatic N) is 2. The minimum absolute atomic E-state index is 0.249. The Morgan fingerprint density at radius 1 is 1.21 bits per heavy atom. The highest BCUT2D eigenvalue weighted by atomic mass is 16.4. The van der Waals surface area contributed by atoms with Crippen LogP contribution in [0.25, 0.3) is 0 Å². The molecule has 0 spiro atoms. The van der Waals surface area contributed by atoms with E-state index in [-0.39, 0.29) is 5.56 Å². The highest BCUT2D eigenvalue weighted by molar-refractivity contribution is 5.98. The third kappa shape index (κ3) is 3.38. The van der Waals surface area contributed by atoms with Crippen molar-refractivity contribution in [3.8, 4) is 0 Å². The number of aromatic nitrogens is 1. The molecule has 0 amide bonds. The molecule has 0 aliphatic rings. The Hall–Kier alpha value is -2.69. The van der Waals surface area contributed by atoms with E-state index in [4.69, 9.17) is 5.11 Å². The van der Waals surface area contributed by atoms with Crippen molar-refractivity contribution in [2.75, 3.05) is 5.43 Å². The normalized spacial score (nSPS) is 11.1. The number of carboxylic acid groups (broad SMARTS) is 1. The largest absolute Gasteiger partial charge is 0.478 e. The van der Waals surface area contributed by atoms with E-state index in [0.29, 0.717) is 0 Å². The van der Waals surface area contributed by atoms with Gasteiger partial charge in [-0.15, -0.1) is 0 Å². The molecule has 2 rings (SSSR count). The fourth-order valence-corrected chi connectivity index (χ4v) is 1.48. The van der Waals surface area contributed by atoms with E-state index in [9.17, 15) is 4.79 Å². The molecule has 0 fully saturated rings. The van der Waals surface area contributed by atoms with Gasteiger partial charge in [0.1, 0.15) is 0 Å². The summed E-state index contributed by atoms with van der Waals surface area (Å²) >= 11 is 0. The van der Waals surface area contributed by atoms with Gasteiger partial charge in [0, 0.05) is 18.0 Å². The summed E-state index contributed by atoms with van der Waals surface area (Å²) in [5.74, 6) is -0.943. The van der Waals surface area contributed by atoms with E-state index >= 15 is 0 Å². The zero-order valence-corrected chi connectivity index (χ0v) is 10.4. The first-order chi connectivity index (χ1) is 9.16. The lowest BCUT2D eigenvalue weighted by Crippen LogP contribution is -2.00. The van der Waals surface area contributed by atoms with Crippen LogP contribution in [0.2, 0.25) is 0 Å². The molecule has 96 valence electrons. The monoisotopic (exact) mass is 255 g/mol. The van der Waals surface area contributed by atoms with Crippen molar-refractivity contribution in [2.45, 2.75) is 6.92 Å². The highest BCUT2D eigenvalue weighted by Crippen LogP contribution is 2.10. The highest BCUT2D eigenvalue weighted by Gasteiger charge is 2.01. The van der Waals surface area contributed by atoms with Gasteiger partial charge in [-0.05, 0) is 37.3 Å². The number of hydrogen-bond acceptors (Lipinski definition) is 4. The number of pyridine rings is 1. The second-order valence-electron chi connectivity index (χ2n) is 3.93. The number of hydrazone groups is 1. The lowest BCUT2D eigenvalue weighted by Gasteiger charge is -2.03. The fourth-order valence-electron chi connectivity index (χ4n) is 1.48. The molecule has 0 unspecified atom stereocenters. The molecule has 5 nitrogen and oxygen atoms in total. The number of benzene rings is 1. The van der Waals surface area contributed by atoms with Crippen molar-refractivity contribution >= 4 is 17.4 Å². The first-order valence-electron chi connectivity index (χ1n) is 5.71. The summed E-state index contributed by atoms with van der Waals surface area (Å²) in [6.45, 7) is 1.87. The van der Waals surface area contributed by atoms with Gasteiger partial charge in [-0.2, -0.15) is 5.10 Å². The molecule has 0 saturated carbocycles. The quantitative estimate of drug-likeness (QED) is 0.650. The molecular weight excluding hydrogens is 242 g/mol. The molecule has 1 aromatic heterocycles. The zero-order chi connectivity index (χ0) is 13.7. The summed E-state index contributed by atoms with van der Waals surface area (Å²) in [6, 6.07) is 10.2. The van der Waals surface area contributed by atoms with E-state index in [1.54, 1.807) is 24.5 Å². The van der Waals surface area contributed by atoms with Crippen molar-refractivity contribution in [1.29, 1.82) is 0 Å². The van der Waals surface area contributed by atoms with Crippen molar-refractivity contribution in [1.82, 2.24) is 4.98 Å². The second kappa shape index (κ2) is 5.77. The van der Waals surface area contributed by atoms with E-state index in [1.165, 1.54) is 12.1 Å². The predicted molar refractivity (Wildman–Crippen MR) is 73.5 cm³/mol. The van der Waals surface area contributed by atoms with Gasteiger partial charge < -0.3 is 5.11 Å². The molecule has 0 radical (unpaired) electrons. The second-order valence-corrected chi connectivity index (χ2v) is 3.93. The minimum Gasteiger partial charge on any atom is -0.478 e. The van der Waals surface area contributed by atoms with Crippen LogP contribution < -0.4 is 5.43 Å². The first kappa shape index (κ1) is 12.8. The zero-order valence-electron chi connectivity index (χ0n) is 10.4. The number of rotatable bonds is 4. The van der Waals surface area contributed by atoms with Crippen LogP contribution in [-0.2, 0) is 0 Å². The predicted octanol–water partition coefficient (Wildman–Crippen LogP) is 2.62. The van der Waals surface area contributed by atoms with E-state index in [1.807, 2.05) is 19.1 Å². The van der Waals surface area contributed by atoms with E-state index in [0.717, 1.165) is 17.0 Å². The Balaban J connectivity index is 2.08. The molecule has 0 atom stereocenters. The summed E-state index contributed by atoms with van der Waals surface area (Å²) in [7, 11) is 0. The number of anilines is 1. The molecule has 1 heterocycles. The topological polar surface area (TPSA) is 74.6 Å². The number of aromatic carboxylic acids is 1. The SMILES string of the molecule is C/C(=N/Nc1ccc(C(=O)O)cc1)c1cccnc1. The van der Waals surface area contributed by atoms with Crippen molar-refractivity contribution < 1.29 is 9.90 Å². The molecule has 19 heavy (non-hydrogen) atoms. The van der Waals surface area contributed by atoms with E-state index in [2.05, 4.69) is 15.5 Å². The molecule has 0 bridgehead atoms. The standard InChI is InChI=1S/C14H13N3O2/c1-10(12-3-2-8-15-9-12)16-17-13-6-4-11(5-7-13)14(18)19/h2-9,17H,1H3,(H,18,19)/b16-10-. The molecule has 2 N–H and O–H groups in total. The molecular formula is C14H13N3O2. The van der Waals surface area contributed by atoms with Crippen molar-refractivity contribution in [2.24, 2.45) is 5.10 Å². The third-order valence-corrected chi connectivity index (χ3v) is 2.56. The minimum atomic E-state index is -0.943. The summed E-state index contributed by atoms with van der Waals surface area (Å²) in [5, 5.41) is 13.0. The Kier molecular flexibility index (Phi) is 3.87. The molecule has 2 aromatic rings. The number of carbonyl (C=O) groups is 1. The maximum atomic E-state index is 10.7. The molecule has 0 aliphatic carbocycles. The third-order valence-electron chi connectivity index (χ3n) is 2.56. The van der Waals surface area contributed by atoms with Crippen LogP contribution in [0.15, 0.2) is 53.9 Å². The maximum Gasteiger partial charge on any atom is 0.335 e. The van der Waals surface area contributed by atoms with Crippen LogP contribution in [0.3, 0.4) is 0 Å².